The van der Waals surface area contributed by atoms with Crippen LogP contribution in [0.15, 0.2) is 36.0 Å². The van der Waals surface area contributed by atoms with Gasteiger partial charge in [0, 0.05) is 6.42 Å². The van der Waals surface area contributed by atoms with Crippen LogP contribution in [-0.4, -0.2) is 5.78 Å². The number of carbonyl (C=O) groups is 1. The standard InChI is InChI=1S/C15H22O/c1-12-6-5-7-13(2)14(16)9-11-15(3,4)10-8-12/h7-8,10H,1,5-6,9,11H2,2-4H3/b10-8+,13-7+. The van der Waals surface area contributed by atoms with Crippen LogP contribution in [0.5, 0.6) is 0 Å². The van der Waals surface area contributed by atoms with E-state index in [0.717, 1.165) is 30.4 Å². The highest BCUT2D eigenvalue weighted by atomic mass is 16.1. The molecule has 0 unspecified atom stereocenters. The van der Waals surface area contributed by atoms with E-state index in [9.17, 15) is 4.79 Å². The number of allylic oxidation sites excluding steroid dienone is 5. The van der Waals surface area contributed by atoms with Crippen LogP contribution in [0, 0.1) is 5.41 Å². The van der Waals surface area contributed by atoms with Crippen molar-refractivity contribution in [2.24, 2.45) is 5.41 Å². The van der Waals surface area contributed by atoms with Gasteiger partial charge in [-0.2, -0.15) is 0 Å². The molecule has 0 fully saturated rings. The second-order valence-corrected chi connectivity index (χ2v) is 5.33. The first-order chi connectivity index (χ1) is 7.41. The van der Waals surface area contributed by atoms with Crippen molar-refractivity contribution in [2.75, 3.05) is 0 Å². The zero-order valence-corrected chi connectivity index (χ0v) is 10.7. The van der Waals surface area contributed by atoms with Crippen molar-refractivity contribution in [3.05, 3.63) is 36.0 Å². The monoisotopic (exact) mass is 218 g/mol. The van der Waals surface area contributed by atoms with Gasteiger partial charge in [-0.1, -0.05) is 44.2 Å². The summed E-state index contributed by atoms with van der Waals surface area (Å²) in [5.74, 6) is 0.286. The Labute approximate surface area is 98.9 Å². The maximum absolute atomic E-state index is 11.8. The molecule has 0 amide bonds. The van der Waals surface area contributed by atoms with Crippen molar-refractivity contribution in [2.45, 2.75) is 46.5 Å². The quantitative estimate of drug-likeness (QED) is 0.595. The molecular weight excluding hydrogens is 196 g/mol. The molecular formula is C15H22O. The topological polar surface area (TPSA) is 17.1 Å². The molecule has 1 aliphatic carbocycles. The Morgan fingerprint density at radius 2 is 2.00 bits per heavy atom. The third-order valence-electron chi connectivity index (χ3n) is 3.12. The Morgan fingerprint density at radius 3 is 2.69 bits per heavy atom. The highest BCUT2D eigenvalue weighted by Gasteiger charge is 2.17. The molecule has 0 aliphatic heterocycles. The molecule has 0 atom stereocenters. The van der Waals surface area contributed by atoms with E-state index in [-0.39, 0.29) is 11.2 Å². The van der Waals surface area contributed by atoms with Crippen LogP contribution in [0.3, 0.4) is 0 Å². The predicted octanol–water partition coefficient (Wildman–Crippen LogP) is 4.21. The first-order valence-electron chi connectivity index (χ1n) is 5.98. The number of hydrogen-bond donors (Lipinski definition) is 0. The molecule has 1 rings (SSSR count). The molecule has 0 aromatic carbocycles. The van der Waals surface area contributed by atoms with Gasteiger partial charge in [0.25, 0.3) is 0 Å². The van der Waals surface area contributed by atoms with Gasteiger partial charge in [-0.3, -0.25) is 4.79 Å². The summed E-state index contributed by atoms with van der Waals surface area (Å²) in [6.07, 6.45) is 9.74. The highest BCUT2D eigenvalue weighted by Crippen LogP contribution is 2.26. The molecule has 1 heteroatoms. The molecule has 1 aliphatic rings. The Balaban J connectivity index is 2.85. The summed E-state index contributed by atoms with van der Waals surface area (Å²) in [7, 11) is 0. The second-order valence-electron chi connectivity index (χ2n) is 5.33. The number of Topliss-reactive ketones (excluding diaryl/α,β-unsaturated/α-hetero) is 1. The summed E-state index contributed by atoms with van der Waals surface area (Å²) in [4.78, 5) is 11.8. The van der Waals surface area contributed by atoms with E-state index >= 15 is 0 Å². The Bertz CT molecular complexity index is 342. The summed E-state index contributed by atoms with van der Waals surface area (Å²) >= 11 is 0. The molecule has 0 heterocycles. The Kier molecular flexibility index (Phi) is 4.28. The van der Waals surface area contributed by atoms with Gasteiger partial charge in [-0.25, -0.2) is 0 Å². The fourth-order valence-electron chi connectivity index (χ4n) is 1.73. The summed E-state index contributed by atoms with van der Waals surface area (Å²) in [6.45, 7) is 10.3. The molecule has 0 spiro atoms. The summed E-state index contributed by atoms with van der Waals surface area (Å²) in [5.41, 5.74) is 2.14. The molecule has 0 saturated carbocycles. The summed E-state index contributed by atoms with van der Waals surface area (Å²) in [5, 5.41) is 0. The van der Waals surface area contributed by atoms with Crippen molar-refractivity contribution in [1.82, 2.24) is 0 Å². The van der Waals surface area contributed by atoms with Crippen molar-refractivity contribution in [3.63, 3.8) is 0 Å². The molecule has 16 heavy (non-hydrogen) atoms. The minimum absolute atomic E-state index is 0.0865. The third-order valence-corrected chi connectivity index (χ3v) is 3.12. The van der Waals surface area contributed by atoms with Crippen molar-refractivity contribution < 1.29 is 4.79 Å². The molecule has 0 radical (unpaired) electrons. The van der Waals surface area contributed by atoms with Crippen molar-refractivity contribution in [1.29, 1.82) is 0 Å². The molecule has 1 nitrogen and oxygen atoms in total. The lowest BCUT2D eigenvalue weighted by Gasteiger charge is -2.19. The summed E-state index contributed by atoms with van der Waals surface area (Å²) in [6, 6.07) is 0. The fraction of sp³-hybridized carbons (Fsp3) is 0.533. The van der Waals surface area contributed by atoms with Crippen molar-refractivity contribution >= 4 is 5.78 Å². The number of carbonyl (C=O) groups excluding carboxylic acids is 1. The Morgan fingerprint density at radius 1 is 1.31 bits per heavy atom. The molecule has 0 aromatic rings. The van der Waals surface area contributed by atoms with E-state index < -0.39 is 0 Å². The Hall–Kier alpha value is -1.11. The van der Waals surface area contributed by atoms with Gasteiger partial charge in [-0.15, -0.1) is 0 Å². The smallest absolute Gasteiger partial charge is 0.158 e. The minimum atomic E-state index is 0.0865. The van der Waals surface area contributed by atoms with E-state index in [1.165, 1.54) is 0 Å². The fourth-order valence-corrected chi connectivity index (χ4v) is 1.73. The van der Waals surface area contributed by atoms with Crippen LogP contribution in [0.1, 0.15) is 46.5 Å². The van der Waals surface area contributed by atoms with Crippen LogP contribution in [0.25, 0.3) is 0 Å². The van der Waals surface area contributed by atoms with Crippen LogP contribution in [0.4, 0.5) is 0 Å². The number of ketones is 1. The van der Waals surface area contributed by atoms with Gasteiger partial charge in [0.15, 0.2) is 5.78 Å². The van der Waals surface area contributed by atoms with Crippen LogP contribution < -0.4 is 0 Å². The zero-order chi connectivity index (χ0) is 12.2. The van der Waals surface area contributed by atoms with Gasteiger partial charge >= 0.3 is 0 Å². The highest BCUT2D eigenvalue weighted by molar-refractivity contribution is 5.94. The van der Waals surface area contributed by atoms with Gasteiger partial charge in [0.05, 0.1) is 0 Å². The second kappa shape index (κ2) is 5.29. The lowest BCUT2D eigenvalue weighted by molar-refractivity contribution is -0.115. The summed E-state index contributed by atoms with van der Waals surface area (Å²) < 4.78 is 0. The predicted molar refractivity (Wildman–Crippen MR) is 69.3 cm³/mol. The SMILES string of the molecule is C=C1/C=C/C(C)(C)CCC(=O)/C(C)=C/CC1. The van der Waals surface area contributed by atoms with E-state index in [2.05, 4.69) is 32.6 Å². The lowest BCUT2D eigenvalue weighted by atomic mass is 9.85. The van der Waals surface area contributed by atoms with Gasteiger partial charge < -0.3 is 0 Å². The zero-order valence-electron chi connectivity index (χ0n) is 10.7. The number of rotatable bonds is 0. The van der Waals surface area contributed by atoms with Crippen LogP contribution >= 0.6 is 0 Å². The molecule has 0 bridgehead atoms. The lowest BCUT2D eigenvalue weighted by Crippen LogP contribution is -2.11. The average Bonchev–Trinajstić information content (AvgIpc) is 2.23. The normalized spacial score (nSPS) is 27.8. The van der Waals surface area contributed by atoms with Gasteiger partial charge in [0.1, 0.15) is 0 Å². The molecule has 0 saturated heterocycles. The van der Waals surface area contributed by atoms with E-state index in [1.807, 2.05) is 13.0 Å². The first-order valence-corrected chi connectivity index (χ1v) is 5.98. The molecule has 88 valence electrons. The third kappa shape index (κ3) is 4.18. The average molecular weight is 218 g/mol. The molecule has 0 aromatic heterocycles. The van der Waals surface area contributed by atoms with Crippen LogP contribution in [-0.2, 0) is 4.79 Å². The van der Waals surface area contributed by atoms with E-state index in [1.54, 1.807) is 0 Å². The van der Waals surface area contributed by atoms with Gasteiger partial charge in [0.2, 0.25) is 0 Å². The first kappa shape index (κ1) is 13.0. The van der Waals surface area contributed by atoms with Crippen molar-refractivity contribution in [3.8, 4) is 0 Å². The largest absolute Gasteiger partial charge is 0.295 e. The maximum atomic E-state index is 11.8. The minimum Gasteiger partial charge on any atom is -0.295 e. The van der Waals surface area contributed by atoms with Gasteiger partial charge in [-0.05, 0) is 37.2 Å². The van der Waals surface area contributed by atoms with Crippen LogP contribution in [0.2, 0.25) is 0 Å². The van der Waals surface area contributed by atoms with E-state index in [4.69, 9.17) is 0 Å². The number of hydrogen-bond acceptors (Lipinski definition) is 1. The molecule has 0 N–H and O–H groups in total. The maximum Gasteiger partial charge on any atom is 0.158 e. The van der Waals surface area contributed by atoms with E-state index in [0.29, 0.717) is 6.42 Å².